The first kappa shape index (κ1) is 37.9. The van der Waals surface area contributed by atoms with Gasteiger partial charge in [-0.25, -0.2) is 4.39 Å². The molecule has 4 N–H and O–H groups in total. The Bertz CT molecular complexity index is 1850. The molecule has 5 rings (SSSR count). The molecule has 0 saturated heterocycles. The van der Waals surface area contributed by atoms with Gasteiger partial charge in [-0.3, -0.25) is 9.59 Å². The average Bonchev–Trinajstić information content (AvgIpc) is 3.14. The van der Waals surface area contributed by atoms with E-state index in [2.05, 4.69) is 17.6 Å². The van der Waals surface area contributed by atoms with E-state index < -0.39 is 45.6 Å². The Labute approximate surface area is 302 Å². The molecule has 12 heteroatoms. The van der Waals surface area contributed by atoms with Crippen molar-refractivity contribution in [1.29, 1.82) is 0 Å². The van der Waals surface area contributed by atoms with Crippen LogP contribution in [0.2, 0.25) is 0 Å². The summed E-state index contributed by atoms with van der Waals surface area (Å²) in [5, 5.41) is 27.7. The summed E-state index contributed by atoms with van der Waals surface area (Å²) in [7, 11) is 3.16. The van der Waals surface area contributed by atoms with Gasteiger partial charge in [-0.2, -0.15) is 0 Å². The third-order valence-electron chi connectivity index (χ3n) is 8.57. The minimum absolute atomic E-state index is 0.0555. The van der Waals surface area contributed by atoms with Gasteiger partial charge in [0, 0.05) is 25.6 Å². The Morgan fingerprint density at radius 1 is 0.558 bits per heavy atom. The molecule has 0 bridgehead atoms. The van der Waals surface area contributed by atoms with E-state index in [1.165, 1.54) is 0 Å². The van der Waals surface area contributed by atoms with Crippen molar-refractivity contribution in [2.75, 3.05) is 57.9 Å². The lowest BCUT2D eigenvalue weighted by Gasteiger charge is -2.27. The van der Waals surface area contributed by atoms with Crippen LogP contribution in [0, 0.1) is 5.82 Å². The largest absolute Gasteiger partial charge is 0.507 e. The predicted octanol–water partition coefficient (Wildman–Crippen LogP) is 8.29. The lowest BCUT2D eigenvalue weighted by Crippen LogP contribution is -2.25. The molecule has 4 aromatic rings. The maximum atomic E-state index is 17.1. The molecule has 11 nitrogen and oxygen atoms in total. The van der Waals surface area contributed by atoms with Gasteiger partial charge in [-0.05, 0) is 67.1 Å². The van der Waals surface area contributed by atoms with E-state index in [1.807, 2.05) is 0 Å². The molecule has 276 valence electrons. The normalized spacial score (nSPS) is 11.9. The van der Waals surface area contributed by atoms with Crippen molar-refractivity contribution in [2.24, 2.45) is 0 Å². The summed E-state index contributed by atoms with van der Waals surface area (Å²) < 4.78 is 44.9. The first-order valence-corrected chi connectivity index (χ1v) is 17.4. The highest BCUT2D eigenvalue weighted by Crippen LogP contribution is 2.49. The van der Waals surface area contributed by atoms with E-state index in [9.17, 15) is 19.8 Å². The van der Waals surface area contributed by atoms with Crippen LogP contribution in [-0.4, -0.2) is 69.0 Å². The van der Waals surface area contributed by atoms with E-state index in [-0.39, 0.29) is 29.3 Å². The molecule has 0 heterocycles. The fourth-order valence-electron chi connectivity index (χ4n) is 5.90. The van der Waals surface area contributed by atoms with Crippen LogP contribution in [0.25, 0.3) is 0 Å². The molecule has 0 fully saturated rings. The van der Waals surface area contributed by atoms with Gasteiger partial charge in [-0.15, -0.1) is 0 Å². The van der Waals surface area contributed by atoms with E-state index in [0.29, 0.717) is 55.7 Å². The first-order chi connectivity index (χ1) is 25.3. The number of carbonyl (C=O) groups excluding carboxylic acids is 2. The lowest BCUT2D eigenvalue weighted by atomic mass is 9.81. The van der Waals surface area contributed by atoms with Gasteiger partial charge >= 0.3 is 0 Å². The topological polar surface area (TPSA) is 145 Å². The molecule has 0 radical (unpaired) electrons. The Morgan fingerprint density at radius 3 is 1.56 bits per heavy atom. The van der Waals surface area contributed by atoms with Gasteiger partial charge in [0.1, 0.15) is 47.6 Å². The highest BCUT2D eigenvalue weighted by Gasteiger charge is 2.42. The minimum Gasteiger partial charge on any atom is -0.507 e. The van der Waals surface area contributed by atoms with Crippen LogP contribution in [0.3, 0.4) is 0 Å². The molecule has 52 heavy (non-hydrogen) atoms. The summed E-state index contributed by atoms with van der Waals surface area (Å²) in [6, 6.07) is 15.9. The van der Waals surface area contributed by atoms with Crippen LogP contribution < -0.4 is 24.8 Å². The van der Waals surface area contributed by atoms with Crippen LogP contribution in [0.4, 0.5) is 27.1 Å². The number of hydrogen-bond donors (Lipinski definition) is 4. The van der Waals surface area contributed by atoms with Crippen LogP contribution in [0.1, 0.15) is 77.3 Å². The monoisotopic (exact) mass is 716 g/mol. The zero-order valence-corrected chi connectivity index (χ0v) is 29.7. The molecular weight excluding hydrogens is 671 g/mol. The van der Waals surface area contributed by atoms with Crippen LogP contribution >= 0.6 is 0 Å². The molecule has 1 aliphatic carbocycles. The fraction of sp³-hybridized carbons (Fsp3) is 0.350. The Hall–Kier alpha value is -5.33. The number of rotatable bonds is 20. The zero-order chi connectivity index (χ0) is 37.0. The van der Waals surface area contributed by atoms with E-state index >= 15 is 4.39 Å². The number of anilines is 4. The maximum Gasteiger partial charge on any atom is 0.202 e. The third-order valence-corrected chi connectivity index (χ3v) is 8.57. The van der Waals surface area contributed by atoms with E-state index in [1.54, 1.807) is 62.8 Å². The number of aromatic hydroxyl groups is 2. The van der Waals surface area contributed by atoms with Crippen molar-refractivity contribution >= 4 is 34.3 Å². The van der Waals surface area contributed by atoms with Gasteiger partial charge in [0.15, 0.2) is 11.6 Å². The fourth-order valence-corrected chi connectivity index (χ4v) is 5.90. The molecule has 0 spiro atoms. The minimum atomic E-state index is -1.05. The van der Waals surface area contributed by atoms with Gasteiger partial charge in [0.25, 0.3) is 0 Å². The van der Waals surface area contributed by atoms with Crippen LogP contribution in [0.15, 0.2) is 60.7 Å². The van der Waals surface area contributed by atoms with Crippen molar-refractivity contribution in [3.05, 3.63) is 88.7 Å². The number of methoxy groups -OCH3 is 2. The third kappa shape index (κ3) is 8.75. The molecule has 0 unspecified atom stereocenters. The molecule has 0 saturated carbocycles. The molecular formula is C40H45FN2O9. The van der Waals surface area contributed by atoms with E-state index in [4.69, 9.17) is 23.7 Å². The smallest absolute Gasteiger partial charge is 0.202 e. The van der Waals surface area contributed by atoms with Crippen molar-refractivity contribution in [3.8, 4) is 28.7 Å². The van der Waals surface area contributed by atoms with Crippen molar-refractivity contribution in [3.63, 3.8) is 0 Å². The lowest BCUT2D eigenvalue weighted by molar-refractivity contribution is 0.0967. The summed E-state index contributed by atoms with van der Waals surface area (Å²) in [6.45, 7) is 3.81. The number of fused-ring (bicyclic) bond motifs is 2. The van der Waals surface area contributed by atoms with Gasteiger partial charge in [0.05, 0.1) is 42.1 Å². The van der Waals surface area contributed by atoms with Crippen LogP contribution in [0.5, 0.6) is 28.7 Å². The second-order valence-corrected chi connectivity index (χ2v) is 12.3. The highest BCUT2D eigenvalue weighted by molar-refractivity contribution is 6.32. The quantitative estimate of drug-likeness (QED) is 0.0456. The summed E-state index contributed by atoms with van der Waals surface area (Å²) in [5.74, 6) is -2.87. The number of phenolic OH excluding ortho intramolecular Hbond substituents is 2. The number of phenols is 2. The van der Waals surface area contributed by atoms with Crippen molar-refractivity contribution < 1.29 is 47.9 Å². The summed E-state index contributed by atoms with van der Waals surface area (Å²) >= 11 is 0. The number of halogens is 1. The summed E-state index contributed by atoms with van der Waals surface area (Å²) in [5.41, 5.74) is -0.999. The molecule has 0 atom stereocenters. The second-order valence-electron chi connectivity index (χ2n) is 12.3. The first-order valence-electron chi connectivity index (χ1n) is 17.4. The predicted molar refractivity (Wildman–Crippen MR) is 196 cm³/mol. The number of unbranched alkanes of at least 4 members (excludes halogenated alkanes) is 5. The second kappa shape index (κ2) is 18.2. The SMILES string of the molecule is CCCCCCCCOc1c(Nc2ccc(OCCOC)cc2)c(Nc2ccc(OCCOC)cc2)c(F)c2c1C(=O)c1c(O)ccc(O)c1C2=O. The Morgan fingerprint density at radius 2 is 1.04 bits per heavy atom. The number of carbonyl (C=O) groups is 2. The van der Waals surface area contributed by atoms with Crippen LogP contribution in [-0.2, 0) is 9.47 Å². The zero-order valence-electron chi connectivity index (χ0n) is 29.7. The Kier molecular flexibility index (Phi) is 13.3. The molecule has 1 aliphatic rings. The number of nitrogens with one attached hydrogen (secondary N) is 2. The Balaban J connectivity index is 1.62. The molecule has 0 aromatic heterocycles. The van der Waals surface area contributed by atoms with Gasteiger partial charge in [-0.1, -0.05) is 39.0 Å². The number of benzene rings is 4. The standard InChI is InChI=1S/C40H45FN2O9/c1-4-5-6-7-8-9-20-52-40-34-33(38(46)31-29(44)18-19-30(45)32(31)39(34)47)35(41)36(42-25-10-14-27(15-11-25)50-23-21-48-2)37(40)43-26-12-16-28(17-13-26)51-24-22-49-3/h10-19,42-45H,4-9,20-24H2,1-3H3. The summed E-state index contributed by atoms with van der Waals surface area (Å²) in [6.07, 6.45) is 5.81. The summed E-state index contributed by atoms with van der Waals surface area (Å²) in [4.78, 5) is 28.3. The maximum absolute atomic E-state index is 17.1. The molecule has 4 aromatic carbocycles. The van der Waals surface area contributed by atoms with Crippen molar-refractivity contribution in [1.82, 2.24) is 0 Å². The van der Waals surface area contributed by atoms with E-state index in [0.717, 1.165) is 44.2 Å². The number of ether oxygens (including phenoxy) is 5. The number of ketones is 2. The highest BCUT2D eigenvalue weighted by atomic mass is 19.1. The molecule has 0 amide bonds. The molecule has 0 aliphatic heterocycles. The van der Waals surface area contributed by atoms with Gasteiger partial charge < -0.3 is 44.5 Å². The number of hydrogen-bond acceptors (Lipinski definition) is 11. The van der Waals surface area contributed by atoms with Gasteiger partial charge in [0.2, 0.25) is 11.6 Å². The van der Waals surface area contributed by atoms with Crippen molar-refractivity contribution in [2.45, 2.75) is 45.4 Å². The average molecular weight is 717 g/mol.